The number of nitrogens with two attached hydrogens (primary N) is 1. The van der Waals surface area contributed by atoms with E-state index >= 15 is 0 Å². The van der Waals surface area contributed by atoms with Crippen LogP contribution in [-0.4, -0.2) is 42.4 Å². The van der Waals surface area contributed by atoms with Gasteiger partial charge in [0.25, 0.3) is 0 Å². The minimum atomic E-state index is -0.506. The number of benzene rings is 2. The van der Waals surface area contributed by atoms with Crippen molar-refractivity contribution in [2.75, 3.05) is 32.2 Å². The van der Waals surface area contributed by atoms with E-state index in [1.807, 2.05) is 29.7 Å². The number of guanidine groups is 1. The number of hydrogen-bond acceptors (Lipinski definition) is 8. The van der Waals surface area contributed by atoms with Crippen LogP contribution in [0.3, 0.4) is 0 Å². The summed E-state index contributed by atoms with van der Waals surface area (Å²) in [5, 5.41) is 3.46. The van der Waals surface area contributed by atoms with E-state index in [1.165, 1.54) is 0 Å². The molecule has 162 valence electrons. The predicted molar refractivity (Wildman–Crippen MR) is 118 cm³/mol. The van der Waals surface area contributed by atoms with E-state index in [2.05, 4.69) is 10.3 Å². The molecule has 0 saturated carbocycles. The van der Waals surface area contributed by atoms with Gasteiger partial charge in [0.05, 0.1) is 43.0 Å². The molecular weight excluding hydrogens is 422 g/mol. The number of fused-ring (bicyclic) bond motifs is 4. The Labute approximate surface area is 183 Å². The lowest BCUT2D eigenvalue weighted by Gasteiger charge is -2.25. The van der Waals surface area contributed by atoms with Gasteiger partial charge in [-0.3, -0.25) is 9.88 Å². The van der Waals surface area contributed by atoms with Gasteiger partial charge < -0.3 is 24.7 Å². The molecule has 2 aromatic carbocycles. The highest BCUT2D eigenvalue weighted by molar-refractivity contribution is 6.32. The first-order valence-corrected chi connectivity index (χ1v) is 10.4. The average Bonchev–Trinajstić information content (AvgIpc) is 2.93. The van der Waals surface area contributed by atoms with Crippen LogP contribution in [0.2, 0.25) is 5.02 Å². The summed E-state index contributed by atoms with van der Waals surface area (Å²) in [7, 11) is 1.55. The van der Waals surface area contributed by atoms with Crippen molar-refractivity contribution in [1.29, 1.82) is 0 Å². The van der Waals surface area contributed by atoms with E-state index in [-0.39, 0.29) is 5.96 Å². The monoisotopic (exact) mass is 443 g/mol. The van der Waals surface area contributed by atoms with E-state index < -0.39 is 6.17 Å². The van der Waals surface area contributed by atoms with Crippen molar-refractivity contribution in [3.8, 4) is 23.0 Å². The summed E-state index contributed by atoms with van der Waals surface area (Å²) in [5.41, 5.74) is 8.44. The summed E-state index contributed by atoms with van der Waals surface area (Å²) < 4.78 is 24.8. The second-order valence-electron chi connectivity index (χ2n) is 7.12. The van der Waals surface area contributed by atoms with Crippen molar-refractivity contribution in [2.24, 2.45) is 10.7 Å². The highest BCUT2D eigenvalue weighted by Crippen LogP contribution is 2.42. The lowest BCUT2D eigenvalue weighted by molar-refractivity contribution is 0.297. The second-order valence-corrected chi connectivity index (χ2v) is 7.53. The number of hydrogen-bond donors (Lipinski definition) is 2. The highest BCUT2D eigenvalue weighted by Gasteiger charge is 2.28. The quantitative estimate of drug-likeness (QED) is 0.635. The van der Waals surface area contributed by atoms with Crippen LogP contribution in [0, 0.1) is 0 Å². The fourth-order valence-electron chi connectivity index (χ4n) is 3.85. The lowest BCUT2D eigenvalue weighted by Crippen LogP contribution is -2.31. The third kappa shape index (κ3) is 3.34. The van der Waals surface area contributed by atoms with Gasteiger partial charge in [0.15, 0.2) is 35.1 Å². The molecule has 1 aromatic heterocycles. The smallest absolute Gasteiger partial charge is 0.212 e. The van der Waals surface area contributed by atoms with Crippen LogP contribution in [0.15, 0.2) is 29.3 Å². The molecule has 3 aromatic rings. The number of aliphatic imine (C=N–C) groups is 1. The average molecular weight is 444 g/mol. The number of imidazole rings is 1. The predicted octanol–water partition coefficient (Wildman–Crippen LogP) is 3.55. The number of anilines is 1. The Balaban J connectivity index is 1.69. The Morgan fingerprint density at radius 3 is 2.74 bits per heavy atom. The van der Waals surface area contributed by atoms with Crippen molar-refractivity contribution in [3.63, 3.8) is 0 Å². The molecular formula is C21H22ClN5O4. The normalized spacial score (nSPS) is 17.4. The van der Waals surface area contributed by atoms with Gasteiger partial charge >= 0.3 is 0 Å². The maximum atomic E-state index is 6.50. The molecule has 5 rings (SSSR count). The lowest BCUT2D eigenvalue weighted by atomic mass is 10.1. The van der Waals surface area contributed by atoms with Crippen molar-refractivity contribution < 1.29 is 18.9 Å². The maximum absolute atomic E-state index is 6.50. The Morgan fingerprint density at radius 2 is 2.00 bits per heavy atom. The number of nitrogens with one attached hydrogen (secondary N) is 1. The number of nitrogens with zero attached hydrogens (tertiary/aromatic N) is 3. The van der Waals surface area contributed by atoms with Gasteiger partial charge in [0.1, 0.15) is 0 Å². The zero-order valence-electron chi connectivity index (χ0n) is 17.1. The van der Waals surface area contributed by atoms with Gasteiger partial charge in [-0.15, -0.1) is 0 Å². The molecule has 0 bridgehead atoms. The summed E-state index contributed by atoms with van der Waals surface area (Å²) in [5.74, 6) is 3.19. The number of aromatic nitrogens is 2. The molecule has 3 N–H and O–H groups in total. The molecule has 10 heteroatoms. The Morgan fingerprint density at radius 1 is 1.23 bits per heavy atom. The first kappa shape index (κ1) is 19.6. The first-order chi connectivity index (χ1) is 15.1. The van der Waals surface area contributed by atoms with E-state index in [0.29, 0.717) is 53.8 Å². The van der Waals surface area contributed by atoms with Gasteiger partial charge in [0, 0.05) is 24.1 Å². The van der Waals surface area contributed by atoms with Gasteiger partial charge in [-0.25, -0.2) is 9.98 Å². The number of halogens is 1. The number of rotatable bonds is 4. The second kappa shape index (κ2) is 7.73. The van der Waals surface area contributed by atoms with Crippen LogP contribution in [0.4, 0.5) is 5.95 Å². The minimum Gasteiger partial charge on any atom is -0.491 e. The molecule has 9 nitrogen and oxygen atoms in total. The summed E-state index contributed by atoms with van der Waals surface area (Å²) in [6.45, 7) is 3.57. The third-order valence-electron chi connectivity index (χ3n) is 5.14. The molecule has 0 saturated heterocycles. The van der Waals surface area contributed by atoms with Crippen LogP contribution in [0.1, 0.15) is 25.1 Å². The Bertz CT molecular complexity index is 1190. The van der Waals surface area contributed by atoms with Crippen molar-refractivity contribution in [2.45, 2.75) is 19.5 Å². The third-order valence-corrected chi connectivity index (χ3v) is 5.42. The van der Waals surface area contributed by atoms with E-state index in [9.17, 15) is 0 Å². The molecule has 2 aliphatic rings. The SMILES string of the molecule is CCOc1cc(C2N=C(N)Nc3nc4cc5c(cc4n32)OCCCO5)cc(Cl)c1OC. The zero-order valence-corrected chi connectivity index (χ0v) is 17.9. The molecule has 0 fully saturated rings. The van der Waals surface area contributed by atoms with Crippen molar-refractivity contribution in [1.82, 2.24) is 9.55 Å². The van der Waals surface area contributed by atoms with Crippen LogP contribution in [0.25, 0.3) is 11.0 Å². The summed E-state index contributed by atoms with van der Waals surface area (Å²) in [6.07, 6.45) is 0.321. The van der Waals surface area contributed by atoms with E-state index in [4.69, 9.17) is 41.3 Å². The Hall–Kier alpha value is -3.33. The highest BCUT2D eigenvalue weighted by atomic mass is 35.5. The fourth-order valence-corrected chi connectivity index (χ4v) is 4.14. The largest absolute Gasteiger partial charge is 0.491 e. The van der Waals surface area contributed by atoms with Gasteiger partial charge in [-0.05, 0) is 19.1 Å². The molecule has 1 atom stereocenters. The topological polar surface area (TPSA) is 105 Å². The van der Waals surface area contributed by atoms with Crippen molar-refractivity contribution >= 4 is 34.5 Å². The molecule has 0 radical (unpaired) electrons. The molecule has 0 aliphatic carbocycles. The summed E-state index contributed by atoms with van der Waals surface area (Å²) in [6, 6.07) is 7.46. The van der Waals surface area contributed by atoms with Crippen LogP contribution in [0.5, 0.6) is 23.0 Å². The fraction of sp³-hybridized carbons (Fsp3) is 0.333. The summed E-state index contributed by atoms with van der Waals surface area (Å²) >= 11 is 6.50. The molecule has 0 amide bonds. The van der Waals surface area contributed by atoms with Crippen molar-refractivity contribution in [3.05, 3.63) is 34.9 Å². The van der Waals surface area contributed by atoms with Gasteiger partial charge in [0.2, 0.25) is 5.95 Å². The number of methoxy groups -OCH3 is 1. The summed E-state index contributed by atoms with van der Waals surface area (Å²) in [4.78, 5) is 9.32. The number of ether oxygens (including phenoxy) is 4. The molecule has 0 spiro atoms. The van der Waals surface area contributed by atoms with Gasteiger partial charge in [-0.1, -0.05) is 11.6 Å². The Kier molecular flexibility index (Phi) is 4.90. The van der Waals surface area contributed by atoms with Crippen LogP contribution < -0.4 is 30.0 Å². The van der Waals surface area contributed by atoms with Crippen LogP contribution in [-0.2, 0) is 0 Å². The van der Waals surface area contributed by atoms with Crippen LogP contribution >= 0.6 is 11.6 Å². The molecule has 31 heavy (non-hydrogen) atoms. The molecule has 1 unspecified atom stereocenters. The minimum absolute atomic E-state index is 0.256. The molecule has 2 aliphatic heterocycles. The standard InChI is InChI=1S/C21H22ClN5O4/c1-3-29-17-8-11(7-12(22)18(17)28-2)19-25-20(23)26-21-24-13-9-15-16(10-14(13)27(19)21)31-6-4-5-30-15/h7-10,19H,3-6H2,1-2H3,(H3,23,24,25,26). The maximum Gasteiger partial charge on any atom is 0.212 e. The first-order valence-electron chi connectivity index (χ1n) is 10.0. The zero-order chi connectivity index (χ0) is 21.5. The van der Waals surface area contributed by atoms with E-state index in [0.717, 1.165) is 23.0 Å². The van der Waals surface area contributed by atoms with Gasteiger partial charge in [-0.2, -0.15) is 0 Å². The molecule has 3 heterocycles. The van der Waals surface area contributed by atoms with E-state index in [1.54, 1.807) is 13.2 Å².